The van der Waals surface area contributed by atoms with Gasteiger partial charge in [0.1, 0.15) is 0 Å². The van der Waals surface area contributed by atoms with Crippen molar-refractivity contribution in [1.29, 1.82) is 0 Å². The summed E-state index contributed by atoms with van der Waals surface area (Å²) >= 11 is 6.75. The molecule has 4 nitrogen and oxygen atoms in total. The molecule has 1 heterocycles. The molecule has 2 aromatic rings. The van der Waals surface area contributed by atoms with Crippen LogP contribution in [-0.2, 0) is 12.8 Å². The normalized spacial score (nSPS) is 10.2. The fourth-order valence-electron chi connectivity index (χ4n) is 2.26. The summed E-state index contributed by atoms with van der Waals surface area (Å²) in [7, 11) is 0. The molecule has 0 spiro atoms. The zero-order chi connectivity index (χ0) is 16.8. The third-order valence-electron chi connectivity index (χ3n) is 3.50. The van der Waals surface area contributed by atoms with E-state index in [2.05, 4.69) is 30.0 Å². The number of hydrazine groups is 1. The lowest BCUT2D eigenvalue weighted by Crippen LogP contribution is -2.43. The lowest BCUT2D eigenvalue weighted by Gasteiger charge is -2.13. The number of thiocarbonyl (C=S) groups is 1. The lowest BCUT2D eigenvalue weighted by atomic mass is 10.1. The van der Waals surface area contributed by atoms with Crippen LogP contribution in [0.2, 0.25) is 0 Å². The molecule has 1 aromatic heterocycles. The molecular weight excluding hydrogens is 326 g/mol. The monoisotopic (exact) mass is 347 g/mol. The molecule has 0 aliphatic heterocycles. The molecule has 0 atom stereocenters. The molecule has 0 saturated heterocycles. The summed E-state index contributed by atoms with van der Waals surface area (Å²) in [5, 5.41) is 3.47. The number of nitrogens with one attached hydrogen (secondary N) is 3. The van der Waals surface area contributed by atoms with E-state index in [0.29, 0.717) is 9.99 Å². The van der Waals surface area contributed by atoms with Crippen LogP contribution in [0.4, 0.5) is 5.69 Å². The number of amides is 1. The highest BCUT2D eigenvalue weighted by Gasteiger charge is 2.12. The minimum absolute atomic E-state index is 0.175. The van der Waals surface area contributed by atoms with Crippen molar-refractivity contribution in [2.45, 2.75) is 33.6 Å². The number of hydrogen-bond donors (Lipinski definition) is 3. The summed E-state index contributed by atoms with van der Waals surface area (Å²) in [5.41, 5.74) is 8.66. The van der Waals surface area contributed by atoms with Gasteiger partial charge in [-0.05, 0) is 55.2 Å². The van der Waals surface area contributed by atoms with E-state index in [1.54, 1.807) is 0 Å². The minimum Gasteiger partial charge on any atom is -0.331 e. The Kier molecular flexibility index (Phi) is 6.12. The fourth-order valence-corrected chi connectivity index (χ4v) is 3.43. The van der Waals surface area contributed by atoms with Gasteiger partial charge in [-0.15, -0.1) is 11.3 Å². The summed E-state index contributed by atoms with van der Waals surface area (Å²) < 4.78 is 0. The van der Waals surface area contributed by atoms with Crippen LogP contribution in [0.1, 0.15) is 39.5 Å². The molecule has 0 aliphatic carbocycles. The number of aryl methyl sites for hydroxylation is 3. The Balaban J connectivity index is 1.92. The van der Waals surface area contributed by atoms with Crippen molar-refractivity contribution in [2.75, 3.05) is 5.32 Å². The highest BCUT2D eigenvalue weighted by Crippen LogP contribution is 2.22. The first-order valence-corrected chi connectivity index (χ1v) is 8.82. The third kappa shape index (κ3) is 4.53. The molecule has 0 aliphatic rings. The van der Waals surface area contributed by atoms with Crippen molar-refractivity contribution >= 4 is 40.3 Å². The van der Waals surface area contributed by atoms with Crippen LogP contribution in [0, 0.1) is 6.92 Å². The SMILES string of the molecule is CCc1ccccc1NC(=S)NNC(=O)c1cc(C)c(CC)s1. The van der Waals surface area contributed by atoms with Gasteiger partial charge in [0.2, 0.25) is 0 Å². The predicted molar refractivity (Wildman–Crippen MR) is 101 cm³/mol. The first kappa shape index (κ1) is 17.4. The smallest absolute Gasteiger partial charge is 0.279 e. The van der Waals surface area contributed by atoms with Gasteiger partial charge in [0.05, 0.1) is 4.88 Å². The van der Waals surface area contributed by atoms with Crippen LogP contribution in [0.15, 0.2) is 30.3 Å². The standard InChI is InChI=1S/C17H21N3OS2/c1-4-12-8-6-7-9-13(12)18-17(22)20-19-16(21)15-10-11(3)14(5-2)23-15/h6-10H,4-5H2,1-3H3,(H,19,21)(H2,18,20,22). The highest BCUT2D eigenvalue weighted by molar-refractivity contribution is 7.80. The Labute approximate surface area is 146 Å². The molecular formula is C17H21N3OS2. The van der Waals surface area contributed by atoms with Gasteiger partial charge in [0.25, 0.3) is 5.91 Å². The molecule has 0 radical (unpaired) electrons. The average Bonchev–Trinajstić information content (AvgIpc) is 2.94. The van der Waals surface area contributed by atoms with Crippen molar-refractivity contribution in [3.05, 3.63) is 51.2 Å². The van der Waals surface area contributed by atoms with E-state index in [1.165, 1.54) is 21.8 Å². The maximum atomic E-state index is 12.2. The van der Waals surface area contributed by atoms with Crippen LogP contribution in [0.25, 0.3) is 0 Å². The fraction of sp³-hybridized carbons (Fsp3) is 0.294. The summed E-state index contributed by atoms with van der Waals surface area (Å²) in [6, 6.07) is 9.86. The largest absolute Gasteiger partial charge is 0.331 e. The van der Waals surface area contributed by atoms with E-state index in [4.69, 9.17) is 12.2 Å². The summed E-state index contributed by atoms with van der Waals surface area (Å²) in [6.45, 7) is 6.19. The molecule has 6 heteroatoms. The Morgan fingerprint density at radius 2 is 1.91 bits per heavy atom. The Bertz CT molecular complexity index is 710. The van der Waals surface area contributed by atoms with Crippen LogP contribution in [0.5, 0.6) is 0 Å². The molecule has 23 heavy (non-hydrogen) atoms. The molecule has 0 bridgehead atoms. The summed E-state index contributed by atoms with van der Waals surface area (Å²) in [6.07, 6.45) is 1.84. The predicted octanol–water partition coefficient (Wildman–Crippen LogP) is 3.81. The van der Waals surface area contributed by atoms with Crippen LogP contribution in [-0.4, -0.2) is 11.0 Å². The number of hydrogen-bond acceptors (Lipinski definition) is 3. The molecule has 1 amide bonds. The minimum atomic E-state index is -0.175. The number of anilines is 1. The summed E-state index contributed by atoms with van der Waals surface area (Å²) in [5.74, 6) is -0.175. The van der Waals surface area contributed by atoms with Crippen molar-refractivity contribution < 1.29 is 4.79 Å². The van der Waals surface area contributed by atoms with Crippen molar-refractivity contribution in [1.82, 2.24) is 10.9 Å². The van der Waals surface area contributed by atoms with Crippen molar-refractivity contribution in [2.24, 2.45) is 0 Å². The maximum absolute atomic E-state index is 12.2. The Hall–Kier alpha value is -1.92. The van der Waals surface area contributed by atoms with Gasteiger partial charge in [0.15, 0.2) is 5.11 Å². The zero-order valence-electron chi connectivity index (χ0n) is 13.5. The molecule has 0 saturated carbocycles. The second-order valence-electron chi connectivity index (χ2n) is 5.11. The second kappa shape index (κ2) is 8.08. The van der Waals surface area contributed by atoms with E-state index in [-0.39, 0.29) is 5.91 Å². The average molecular weight is 348 g/mol. The van der Waals surface area contributed by atoms with Gasteiger partial charge in [-0.25, -0.2) is 0 Å². The van der Waals surface area contributed by atoms with Gasteiger partial charge in [-0.2, -0.15) is 0 Å². The molecule has 2 rings (SSSR count). The number of benzene rings is 1. The topological polar surface area (TPSA) is 53.2 Å². The number of carbonyl (C=O) groups is 1. The van der Waals surface area contributed by atoms with Gasteiger partial charge in [-0.3, -0.25) is 15.6 Å². The molecule has 1 aromatic carbocycles. The third-order valence-corrected chi connectivity index (χ3v) is 5.09. The molecule has 0 unspecified atom stereocenters. The first-order valence-electron chi connectivity index (χ1n) is 7.59. The number of thiophene rings is 1. The Morgan fingerprint density at radius 3 is 2.57 bits per heavy atom. The first-order chi connectivity index (χ1) is 11.0. The van der Waals surface area contributed by atoms with E-state index in [9.17, 15) is 4.79 Å². The van der Waals surface area contributed by atoms with Crippen LogP contribution in [0.3, 0.4) is 0 Å². The maximum Gasteiger partial charge on any atom is 0.279 e. The summed E-state index contributed by atoms with van der Waals surface area (Å²) in [4.78, 5) is 14.1. The van der Waals surface area contributed by atoms with E-state index in [1.807, 2.05) is 37.3 Å². The van der Waals surface area contributed by atoms with E-state index in [0.717, 1.165) is 24.1 Å². The van der Waals surface area contributed by atoms with E-state index < -0.39 is 0 Å². The molecule has 0 fully saturated rings. The van der Waals surface area contributed by atoms with Gasteiger partial charge in [-0.1, -0.05) is 32.0 Å². The number of para-hydroxylation sites is 1. The zero-order valence-corrected chi connectivity index (χ0v) is 15.2. The number of rotatable bonds is 4. The van der Waals surface area contributed by atoms with Gasteiger partial charge < -0.3 is 5.32 Å². The highest BCUT2D eigenvalue weighted by atomic mass is 32.1. The van der Waals surface area contributed by atoms with Crippen LogP contribution < -0.4 is 16.2 Å². The van der Waals surface area contributed by atoms with Crippen LogP contribution >= 0.6 is 23.6 Å². The van der Waals surface area contributed by atoms with Crippen molar-refractivity contribution in [3.63, 3.8) is 0 Å². The second-order valence-corrected chi connectivity index (χ2v) is 6.66. The molecule has 3 N–H and O–H groups in total. The Morgan fingerprint density at radius 1 is 1.17 bits per heavy atom. The van der Waals surface area contributed by atoms with Gasteiger partial charge >= 0.3 is 0 Å². The quantitative estimate of drug-likeness (QED) is 0.581. The lowest BCUT2D eigenvalue weighted by molar-refractivity contribution is 0.0948. The van der Waals surface area contributed by atoms with Crippen molar-refractivity contribution in [3.8, 4) is 0 Å². The van der Waals surface area contributed by atoms with Gasteiger partial charge in [0, 0.05) is 10.6 Å². The number of carbonyl (C=O) groups excluding carboxylic acids is 1. The van der Waals surface area contributed by atoms with E-state index >= 15 is 0 Å². The molecule has 122 valence electrons.